The normalized spacial score (nSPS) is 29.4. The van der Waals surface area contributed by atoms with E-state index in [1.807, 2.05) is 0 Å². The number of hydrogen-bond donors (Lipinski definition) is 2. The van der Waals surface area contributed by atoms with Gasteiger partial charge in [-0.25, -0.2) is 8.78 Å². The van der Waals surface area contributed by atoms with Crippen molar-refractivity contribution in [3.8, 4) is 23.0 Å². The van der Waals surface area contributed by atoms with Crippen LogP contribution in [0.1, 0.15) is 57.8 Å². The average Bonchev–Trinajstić information content (AvgIpc) is 3.70. The molecule has 0 radical (unpaired) electrons. The Morgan fingerprint density at radius 1 is 1.02 bits per heavy atom. The quantitative estimate of drug-likeness (QED) is 0.286. The third-order valence-electron chi connectivity index (χ3n) is 11.4. The van der Waals surface area contributed by atoms with Gasteiger partial charge in [0.25, 0.3) is 0 Å². The maximum Gasteiger partial charge on any atom is 0.319 e. The van der Waals surface area contributed by atoms with Gasteiger partial charge < -0.3 is 20.1 Å². The number of aromatic nitrogens is 3. The molecule has 4 saturated heterocycles. The third-order valence-corrected chi connectivity index (χ3v) is 11.4. The van der Waals surface area contributed by atoms with Crippen LogP contribution in [0.15, 0.2) is 36.5 Å². The summed E-state index contributed by atoms with van der Waals surface area (Å²) in [6.45, 7) is 3.11. The first-order chi connectivity index (χ1) is 22.0. The van der Waals surface area contributed by atoms with E-state index in [1.54, 1.807) is 18.3 Å². The van der Waals surface area contributed by atoms with E-state index in [-0.39, 0.29) is 39.5 Å². The topological polar surface area (TPSA) is 86.6 Å². The fraction of sp³-hybridized carbons (Fsp3) is 0.514. The molecule has 1 saturated carbocycles. The van der Waals surface area contributed by atoms with Crippen LogP contribution in [0.5, 0.6) is 11.8 Å². The standard InChI is InChI=1S/C35H38F2N6O2/c36-27-7-3-6-20-13-24(44)14-25(29(20)27)31-30(37)32-26(16-38-31)33(42-17-22-9-10-23(18-42)39-22)41-34(40-32)45-19-35-11-4-12-43(35)28-8-2-1-5-21(28)15-35/h3,6-7,13-14,16,21-23,28,39,44H,1-2,4-5,8-12,15,17-19H2. The number of phenols is 1. The summed E-state index contributed by atoms with van der Waals surface area (Å²) in [5.74, 6) is 0.0622. The number of fused-ring (bicyclic) bond motifs is 7. The van der Waals surface area contributed by atoms with Crippen LogP contribution >= 0.6 is 0 Å². The van der Waals surface area contributed by atoms with Gasteiger partial charge in [-0.05, 0) is 81.0 Å². The average molecular weight is 613 g/mol. The highest BCUT2D eigenvalue weighted by atomic mass is 19.1. The Labute approximate surface area is 260 Å². The van der Waals surface area contributed by atoms with Crippen molar-refractivity contribution in [2.75, 3.05) is 31.1 Å². The monoisotopic (exact) mass is 612 g/mol. The summed E-state index contributed by atoms with van der Waals surface area (Å²) in [4.78, 5) is 19.1. The number of pyridine rings is 1. The van der Waals surface area contributed by atoms with E-state index in [0.717, 1.165) is 57.7 Å². The van der Waals surface area contributed by atoms with Gasteiger partial charge in [0.1, 0.15) is 35.2 Å². The maximum atomic E-state index is 16.7. The lowest BCUT2D eigenvalue weighted by Crippen LogP contribution is -2.51. The lowest BCUT2D eigenvalue weighted by Gasteiger charge is -2.36. The number of rotatable bonds is 5. The lowest BCUT2D eigenvalue weighted by atomic mass is 9.82. The number of nitrogens with one attached hydrogen (secondary N) is 1. The second-order valence-electron chi connectivity index (χ2n) is 14.0. The van der Waals surface area contributed by atoms with Crippen LogP contribution in [0, 0.1) is 17.6 Å². The third kappa shape index (κ3) is 4.47. The molecule has 8 nitrogen and oxygen atoms in total. The summed E-state index contributed by atoms with van der Waals surface area (Å²) >= 11 is 0. The first-order valence-electron chi connectivity index (χ1n) is 16.6. The van der Waals surface area contributed by atoms with Gasteiger partial charge in [-0.2, -0.15) is 9.97 Å². The van der Waals surface area contributed by atoms with Gasteiger partial charge >= 0.3 is 6.01 Å². The second kappa shape index (κ2) is 10.5. The Bertz CT molecular complexity index is 1810. The Balaban J connectivity index is 1.15. The molecule has 1 aliphatic carbocycles. The van der Waals surface area contributed by atoms with Gasteiger partial charge in [0, 0.05) is 48.4 Å². The highest BCUT2D eigenvalue weighted by Gasteiger charge is 2.54. The lowest BCUT2D eigenvalue weighted by molar-refractivity contribution is 0.0777. The molecule has 5 aliphatic rings. The molecule has 5 atom stereocenters. The Hall–Kier alpha value is -3.63. The fourth-order valence-electron chi connectivity index (χ4n) is 9.47. The molecular formula is C35H38F2N6O2. The Morgan fingerprint density at radius 2 is 1.87 bits per heavy atom. The minimum atomic E-state index is -0.679. The summed E-state index contributed by atoms with van der Waals surface area (Å²) in [5.41, 5.74) is 0.190. The SMILES string of the molecule is Oc1cc(-c2ncc3c(N4CC5CCC(C4)N5)nc(OCC45CCCN4C4CCCCC4C5)nc3c2F)c2c(F)cccc2c1. The first kappa shape index (κ1) is 27.7. The Morgan fingerprint density at radius 3 is 2.73 bits per heavy atom. The molecule has 0 amide bonds. The number of anilines is 1. The highest BCUT2D eigenvalue weighted by molar-refractivity contribution is 6.00. The zero-order chi connectivity index (χ0) is 30.3. The molecule has 5 unspecified atom stereocenters. The van der Waals surface area contributed by atoms with E-state index in [9.17, 15) is 5.11 Å². The molecule has 5 fully saturated rings. The zero-order valence-corrected chi connectivity index (χ0v) is 25.3. The molecule has 9 rings (SSSR count). The van der Waals surface area contributed by atoms with E-state index < -0.39 is 11.6 Å². The van der Waals surface area contributed by atoms with Crippen LogP contribution in [0.3, 0.4) is 0 Å². The Kier molecular flexibility index (Phi) is 6.43. The molecule has 2 N–H and O–H groups in total. The number of aromatic hydroxyl groups is 1. The molecule has 2 aromatic carbocycles. The van der Waals surface area contributed by atoms with Crippen molar-refractivity contribution in [3.05, 3.63) is 48.2 Å². The van der Waals surface area contributed by atoms with Crippen LogP contribution in [-0.4, -0.2) is 74.9 Å². The van der Waals surface area contributed by atoms with Crippen LogP contribution < -0.4 is 15.0 Å². The van der Waals surface area contributed by atoms with Crippen LogP contribution in [0.25, 0.3) is 32.9 Å². The molecule has 0 spiro atoms. The van der Waals surface area contributed by atoms with Gasteiger partial charge in [0.15, 0.2) is 5.82 Å². The summed E-state index contributed by atoms with van der Waals surface area (Å²) in [7, 11) is 0. The van der Waals surface area contributed by atoms with E-state index in [0.29, 0.717) is 41.3 Å². The number of halogens is 2. The highest BCUT2D eigenvalue weighted by Crippen LogP contribution is 2.50. The van der Waals surface area contributed by atoms with Crippen LogP contribution in [0.2, 0.25) is 0 Å². The van der Waals surface area contributed by atoms with Gasteiger partial charge in [0.05, 0.1) is 10.9 Å². The molecule has 4 aromatic rings. The van der Waals surface area contributed by atoms with E-state index >= 15 is 8.78 Å². The van der Waals surface area contributed by atoms with Gasteiger partial charge in [-0.15, -0.1) is 0 Å². The predicted molar refractivity (Wildman–Crippen MR) is 169 cm³/mol. The van der Waals surface area contributed by atoms with Crippen molar-refractivity contribution in [2.45, 2.75) is 81.5 Å². The molecule has 45 heavy (non-hydrogen) atoms. The van der Waals surface area contributed by atoms with Crippen molar-refractivity contribution in [3.63, 3.8) is 0 Å². The number of hydrogen-bond acceptors (Lipinski definition) is 8. The first-order valence-corrected chi connectivity index (χ1v) is 16.6. The van der Waals surface area contributed by atoms with Crippen molar-refractivity contribution in [1.82, 2.24) is 25.2 Å². The second-order valence-corrected chi connectivity index (χ2v) is 14.0. The van der Waals surface area contributed by atoms with E-state index in [1.165, 1.54) is 43.9 Å². The van der Waals surface area contributed by atoms with E-state index in [4.69, 9.17) is 14.7 Å². The van der Waals surface area contributed by atoms with Crippen molar-refractivity contribution >= 4 is 27.5 Å². The van der Waals surface area contributed by atoms with Crippen molar-refractivity contribution < 1.29 is 18.6 Å². The molecule has 234 valence electrons. The summed E-state index contributed by atoms with van der Waals surface area (Å²) in [5, 5.41) is 15.3. The van der Waals surface area contributed by atoms with Gasteiger partial charge in [-0.3, -0.25) is 9.88 Å². The maximum absolute atomic E-state index is 16.7. The largest absolute Gasteiger partial charge is 0.508 e. The number of phenolic OH excluding ortho intramolecular Hbond substituents is 1. The number of piperazine rings is 1. The van der Waals surface area contributed by atoms with Crippen molar-refractivity contribution in [2.24, 2.45) is 5.92 Å². The summed E-state index contributed by atoms with van der Waals surface area (Å²) in [6.07, 6.45) is 12.3. The van der Waals surface area contributed by atoms with Gasteiger partial charge in [0.2, 0.25) is 0 Å². The summed E-state index contributed by atoms with van der Waals surface area (Å²) < 4.78 is 38.4. The van der Waals surface area contributed by atoms with Crippen LogP contribution in [0.4, 0.5) is 14.6 Å². The molecule has 6 heterocycles. The van der Waals surface area contributed by atoms with E-state index in [2.05, 4.69) is 20.1 Å². The number of benzene rings is 2. The molecular weight excluding hydrogens is 574 g/mol. The van der Waals surface area contributed by atoms with Gasteiger partial charge in [-0.1, -0.05) is 25.0 Å². The van der Waals surface area contributed by atoms with Crippen LogP contribution in [-0.2, 0) is 0 Å². The predicted octanol–water partition coefficient (Wildman–Crippen LogP) is 5.95. The molecule has 2 bridgehead atoms. The fourth-order valence-corrected chi connectivity index (χ4v) is 9.47. The molecule has 2 aromatic heterocycles. The number of nitrogens with zero attached hydrogens (tertiary/aromatic N) is 5. The number of ether oxygens (including phenoxy) is 1. The molecule has 10 heteroatoms. The van der Waals surface area contributed by atoms with Crippen molar-refractivity contribution in [1.29, 1.82) is 0 Å². The zero-order valence-electron chi connectivity index (χ0n) is 25.3. The summed E-state index contributed by atoms with van der Waals surface area (Å²) in [6, 6.07) is 8.93. The minimum absolute atomic E-state index is 0.0216. The molecule has 4 aliphatic heterocycles. The minimum Gasteiger partial charge on any atom is -0.508 e. The smallest absolute Gasteiger partial charge is 0.319 e.